The first-order chi connectivity index (χ1) is 14.2. The summed E-state index contributed by atoms with van der Waals surface area (Å²) >= 11 is 3.14. The Morgan fingerprint density at radius 2 is 1.93 bits per heavy atom. The van der Waals surface area contributed by atoms with Crippen LogP contribution in [0.3, 0.4) is 0 Å². The predicted molar refractivity (Wildman–Crippen MR) is 109 cm³/mol. The van der Waals surface area contributed by atoms with Crippen LogP contribution in [0.5, 0.6) is 5.75 Å². The number of hydrogen-bond acceptors (Lipinski definition) is 6. The van der Waals surface area contributed by atoms with Gasteiger partial charge in [-0.1, -0.05) is 35.0 Å². The minimum atomic E-state index is -0.778. The average Bonchev–Trinajstić information content (AvgIpc) is 2.66. The van der Waals surface area contributed by atoms with E-state index in [9.17, 15) is 29.2 Å². The summed E-state index contributed by atoms with van der Waals surface area (Å²) < 4.78 is 20.0. The van der Waals surface area contributed by atoms with Crippen molar-refractivity contribution < 1.29 is 28.7 Å². The molecule has 0 amide bonds. The van der Waals surface area contributed by atoms with E-state index < -0.39 is 39.3 Å². The SMILES string of the molecule is CC1CC(=O)C(=C(O)c2cccc(OCc3ccc(Br)cc3F)c2[N+](=O)[O-])C(=O)C1. The fraction of sp³-hybridized carbons (Fsp3) is 0.238. The Morgan fingerprint density at radius 3 is 2.53 bits per heavy atom. The van der Waals surface area contributed by atoms with Crippen molar-refractivity contribution in [3.8, 4) is 5.75 Å². The number of carbonyl (C=O) groups excluding carboxylic acids is 2. The quantitative estimate of drug-likeness (QED) is 0.215. The first-order valence-corrected chi connectivity index (χ1v) is 9.82. The fourth-order valence-corrected chi connectivity index (χ4v) is 3.61. The van der Waals surface area contributed by atoms with Gasteiger partial charge in [0.15, 0.2) is 17.3 Å². The molecule has 0 bridgehead atoms. The molecule has 0 aliphatic heterocycles. The molecule has 2 aromatic rings. The summed E-state index contributed by atoms with van der Waals surface area (Å²) in [5.74, 6) is -2.81. The molecule has 1 aliphatic rings. The summed E-state index contributed by atoms with van der Waals surface area (Å²) in [5.41, 5.74) is -1.18. The first-order valence-electron chi connectivity index (χ1n) is 9.03. The zero-order valence-electron chi connectivity index (χ0n) is 15.9. The fourth-order valence-electron chi connectivity index (χ4n) is 3.28. The van der Waals surface area contributed by atoms with Crippen LogP contribution in [0.15, 0.2) is 46.4 Å². The Morgan fingerprint density at radius 1 is 1.27 bits per heavy atom. The number of nitro groups is 1. The van der Waals surface area contributed by atoms with Crippen molar-refractivity contribution in [3.05, 3.63) is 73.5 Å². The van der Waals surface area contributed by atoms with Gasteiger partial charge in [-0.25, -0.2) is 4.39 Å². The third kappa shape index (κ3) is 4.40. The maximum absolute atomic E-state index is 14.0. The minimum Gasteiger partial charge on any atom is -0.506 e. The number of nitro benzene ring substituents is 1. The number of allylic oxidation sites excluding steroid dienone is 1. The van der Waals surface area contributed by atoms with Crippen molar-refractivity contribution in [1.29, 1.82) is 0 Å². The molecule has 0 saturated heterocycles. The van der Waals surface area contributed by atoms with E-state index in [0.717, 1.165) is 0 Å². The van der Waals surface area contributed by atoms with Crippen molar-refractivity contribution in [3.63, 3.8) is 0 Å². The Bertz CT molecular complexity index is 1060. The van der Waals surface area contributed by atoms with Crippen molar-refractivity contribution in [2.45, 2.75) is 26.4 Å². The zero-order chi connectivity index (χ0) is 22.0. The van der Waals surface area contributed by atoms with Gasteiger partial charge >= 0.3 is 5.69 Å². The number of ether oxygens (including phenoxy) is 1. The van der Waals surface area contributed by atoms with Crippen molar-refractivity contribution in [2.75, 3.05) is 0 Å². The van der Waals surface area contributed by atoms with E-state index in [1.165, 1.54) is 30.3 Å². The van der Waals surface area contributed by atoms with E-state index in [1.807, 2.05) is 0 Å². The largest absolute Gasteiger partial charge is 0.506 e. The van der Waals surface area contributed by atoms with E-state index in [-0.39, 0.29) is 42.2 Å². The molecule has 0 radical (unpaired) electrons. The van der Waals surface area contributed by atoms with E-state index >= 15 is 0 Å². The summed E-state index contributed by atoms with van der Waals surface area (Å²) in [6.45, 7) is 1.44. The topological polar surface area (TPSA) is 107 Å². The van der Waals surface area contributed by atoms with Gasteiger partial charge < -0.3 is 9.84 Å². The number of benzene rings is 2. The number of halogens is 2. The molecule has 30 heavy (non-hydrogen) atoms. The lowest BCUT2D eigenvalue weighted by molar-refractivity contribution is -0.386. The number of aliphatic hydroxyl groups excluding tert-OH is 1. The van der Waals surface area contributed by atoms with Crippen LogP contribution in [0.2, 0.25) is 0 Å². The molecule has 1 fully saturated rings. The zero-order valence-corrected chi connectivity index (χ0v) is 17.4. The van der Waals surface area contributed by atoms with Crippen LogP contribution >= 0.6 is 15.9 Å². The molecule has 0 spiro atoms. The van der Waals surface area contributed by atoms with Crippen LogP contribution in [-0.2, 0) is 16.2 Å². The van der Waals surface area contributed by atoms with E-state index in [1.54, 1.807) is 13.0 Å². The molecular formula is C21H17BrFNO6. The average molecular weight is 478 g/mol. The molecule has 1 N–H and O–H groups in total. The highest BCUT2D eigenvalue weighted by molar-refractivity contribution is 9.10. The van der Waals surface area contributed by atoms with Gasteiger partial charge in [0.1, 0.15) is 23.8 Å². The van der Waals surface area contributed by atoms with Gasteiger partial charge in [-0.3, -0.25) is 19.7 Å². The molecule has 156 valence electrons. The Labute approximate surface area is 179 Å². The van der Waals surface area contributed by atoms with Crippen molar-refractivity contribution >= 4 is 38.9 Å². The molecule has 0 heterocycles. The number of ketones is 2. The van der Waals surface area contributed by atoms with Gasteiger partial charge in [0, 0.05) is 22.9 Å². The Balaban J connectivity index is 2.01. The summed E-state index contributed by atoms with van der Waals surface area (Å²) in [6.07, 6.45) is 0.135. The van der Waals surface area contributed by atoms with E-state index in [0.29, 0.717) is 4.47 Å². The van der Waals surface area contributed by atoms with Crippen LogP contribution in [0.4, 0.5) is 10.1 Å². The van der Waals surface area contributed by atoms with Gasteiger partial charge in [0.05, 0.1) is 10.5 Å². The van der Waals surface area contributed by atoms with E-state index in [2.05, 4.69) is 15.9 Å². The lowest BCUT2D eigenvalue weighted by Gasteiger charge is -2.19. The van der Waals surface area contributed by atoms with Gasteiger partial charge in [-0.05, 0) is 30.2 Å². The maximum Gasteiger partial charge on any atom is 0.321 e. The van der Waals surface area contributed by atoms with Crippen LogP contribution in [0.1, 0.15) is 30.9 Å². The molecular weight excluding hydrogens is 461 g/mol. The lowest BCUT2D eigenvalue weighted by Crippen LogP contribution is -2.25. The second-order valence-electron chi connectivity index (χ2n) is 7.02. The normalized spacial score (nSPS) is 16.5. The lowest BCUT2D eigenvalue weighted by atomic mass is 9.83. The number of rotatable bonds is 5. The first kappa shape index (κ1) is 21.6. The van der Waals surface area contributed by atoms with Crippen LogP contribution in [0, 0.1) is 21.8 Å². The molecule has 3 rings (SSSR count). The molecule has 0 aromatic heterocycles. The highest BCUT2D eigenvalue weighted by Crippen LogP contribution is 2.37. The number of carbonyl (C=O) groups is 2. The highest BCUT2D eigenvalue weighted by Gasteiger charge is 2.34. The monoisotopic (exact) mass is 477 g/mol. The second kappa shape index (κ2) is 8.74. The molecule has 0 unspecified atom stereocenters. The Hall–Kier alpha value is -3.07. The second-order valence-corrected chi connectivity index (χ2v) is 7.93. The molecule has 9 heteroatoms. The summed E-state index contributed by atoms with van der Waals surface area (Å²) in [5, 5.41) is 22.3. The predicted octanol–water partition coefficient (Wildman–Crippen LogP) is 4.91. The molecule has 7 nitrogen and oxygen atoms in total. The van der Waals surface area contributed by atoms with Gasteiger partial charge in [0.2, 0.25) is 0 Å². The van der Waals surface area contributed by atoms with Gasteiger partial charge in [-0.15, -0.1) is 0 Å². The van der Waals surface area contributed by atoms with Gasteiger partial charge in [0.25, 0.3) is 0 Å². The van der Waals surface area contributed by atoms with Crippen LogP contribution in [-0.4, -0.2) is 21.6 Å². The Kier molecular flexibility index (Phi) is 6.31. The molecule has 2 aromatic carbocycles. The molecule has 1 aliphatic carbocycles. The number of aliphatic hydroxyl groups is 1. The minimum absolute atomic E-state index is 0.0674. The molecule has 1 saturated carbocycles. The number of nitrogens with zero attached hydrogens (tertiary/aromatic N) is 1. The smallest absolute Gasteiger partial charge is 0.321 e. The third-order valence-corrected chi connectivity index (χ3v) is 5.19. The molecule has 0 atom stereocenters. The highest BCUT2D eigenvalue weighted by atomic mass is 79.9. The van der Waals surface area contributed by atoms with Crippen molar-refractivity contribution in [2.24, 2.45) is 5.92 Å². The standard InChI is InChI=1S/C21H17BrFNO6/c1-11-7-16(25)19(17(26)8-11)21(27)14-3-2-4-18(20(14)24(28)29)30-10-12-5-6-13(22)9-15(12)23/h2-6,9,11,27H,7-8,10H2,1H3. The van der Waals surface area contributed by atoms with Crippen LogP contribution < -0.4 is 4.74 Å². The number of para-hydroxylation sites is 1. The summed E-state index contributed by atoms with van der Waals surface area (Å²) in [4.78, 5) is 35.5. The van der Waals surface area contributed by atoms with E-state index in [4.69, 9.17) is 4.74 Å². The van der Waals surface area contributed by atoms with Crippen LogP contribution in [0.25, 0.3) is 5.76 Å². The maximum atomic E-state index is 14.0. The van der Waals surface area contributed by atoms with Crippen molar-refractivity contribution in [1.82, 2.24) is 0 Å². The number of Topliss-reactive ketones (excluding diaryl/α,β-unsaturated/α-hetero) is 2. The summed E-state index contributed by atoms with van der Waals surface area (Å²) in [7, 11) is 0. The van der Waals surface area contributed by atoms with Gasteiger partial charge in [-0.2, -0.15) is 0 Å². The number of hydrogen-bond donors (Lipinski definition) is 1. The summed E-state index contributed by atoms with van der Waals surface area (Å²) in [6, 6.07) is 8.21. The third-order valence-electron chi connectivity index (χ3n) is 4.70.